The Bertz CT molecular complexity index is 1320. The van der Waals surface area contributed by atoms with E-state index in [4.69, 9.17) is 18.9 Å². The van der Waals surface area contributed by atoms with Crippen molar-refractivity contribution in [1.29, 1.82) is 0 Å². The second-order valence-electron chi connectivity index (χ2n) is 14.2. The number of esters is 2. The highest BCUT2D eigenvalue weighted by molar-refractivity contribution is 8.76. The van der Waals surface area contributed by atoms with E-state index in [0.29, 0.717) is 34.1 Å². The van der Waals surface area contributed by atoms with E-state index in [-0.39, 0.29) is 23.0 Å². The normalized spacial score (nSPS) is 13.0. The average Bonchev–Trinajstić information content (AvgIpc) is 2.96. The van der Waals surface area contributed by atoms with Gasteiger partial charge in [0.25, 0.3) is 11.8 Å². The van der Waals surface area contributed by atoms with Crippen molar-refractivity contribution >= 4 is 45.3 Å². The van der Waals surface area contributed by atoms with Gasteiger partial charge in [-0.15, -0.1) is 0 Å². The number of rotatable bonds is 15. The number of carbonyl (C=O) groups is 4. The molecule has 266 valence electrons. The summed E-state index contributed by atoms with van der Waals surface area (Å²) in [5, 5.41) is 5.74. The highest BCUT2D eigenvalue weighted by Gasteiger charge is 2.31. The van der Waals surface area contributed by atoms with Crippen molar-refractivity contribution in [1.82, 2.24) is 10.6 Å². The summed E-state index contributed by atoms with van der Waals surface area (Å²) >= 11 is 0. The number of hydrogen-bond acceptors (Lipinski definition) is 10. The molecule has 0 aliphatic rings. The molecule has 2 atom stereocenters. The SMILES string of the molecule is COc1cccc(C(=O)N[C@@H](CC(C)C)C(=O)OC(C)(C)C)c1SSc1c(OC)cccc1C(=O)N[C@@H](CC(C)C)C(=O)OC(C)(C)C. The Morgan fingerprint density at radius 3 is 1.23 bits per heavy atom. The van der Waals surface area contributed by atoms with Gasteiger partial charge in [-0.05, 0) is 112 Å². The maximum Gasteiger partial charge on any atom is 0.329 e. The van der Waals surface area contributed by atoms with Crippen LogP contribution in [0.5, 0.6) is 11.5 Å². The maximum absolute atomic E-state index is 13.7. The molecule has 2 aromatic rings. The molecule has 2 N–H and O–H groups in total. The minimum Gasteiger partial charge on any atom is -0.496 e. The van der Waals surface area contributed by atoms with Gasteiger partial charge in [0.15, 0.2) is 0 Å². The fraction of sp³-hybridized carbons (Fsp3) is 0.556. The summed E-state index contributed by atoms with van der Waals surface area (Å²) < 4.78 is 22.5. The third-order valence-corrected chi connectivity index (χ3v) is 9.01. The first-order chi connectivity index (χ1) is 22.3. The topological polar surface area (TPSA) is 129 Å². The molecule has 2 amide bonds. The number of amides is 2. The summed E-state index contributed by atoms with van der Waals surface area (Å²) in [6.07, 6.45) is 0.783. The number of nitrogens with one attached hydrogen (secondary N) is 2. The number of methoxy groups -OCH3 is 2. The van der Waals surface area contributed by atoms with E-state index in [1.807, 2.05) is 27.7 Å². The van der Waals surface area contributed by atoms with Gasteiger partial charge >= 0.3 is 11.9 Å². The van der Waals surface area contributed by atoms with Crippen molar-refractivity contribution in [3.05, 3.63) is 47.5 Å². The third kappa shape index (κ3) is 12.9. The molecule has 0 aliphatic carbocycles. The highest BCUT2D eigenvalue weighted by Crippen LogP contribution is 2.47. The molecule has 0 bridgehead atoms. The van der Waals surface area contributed by atoms with Crippen LogP contribution in [0.25, 0.3) is 0 Å². The fourth-order valence-electron chi connectivity index (χ4n) is 4.55. The van der Waals surface area contributed by atoms with E-state index in [0.717, 1.165) is 0 Å². The molecule has 2 rings (SSSR count). The monoisotopic (exact) mass is 704 g/mol. The van der Waals surface area contributed by atoms with Crippen LogP contribution < -0.4 is 20.1 Å². The number of ether oxygens (including phenoxy) is 4. The van der Waals surface area contributed by atoms with E-state index < -0.39 is 47.0 Å². The fourth-order valence-corrected chi connectivity index (χ4v) is 7.22. The molecule has 10 nitrogen and oxygen atoms in total. The first-order valence-electron chi connectivity index (χ1n) is 16.0. The Balaban J connectivity index is 2.46. The van der Waals surface area contributed by atoms with Crippen LogP contribution in [-0.2, 0) is 19.1 Å². The Hall–Kier alpha value is -3.38. The summed E-state index contributed by atoms with van der Waals surface area (Å²) in [4.78, 5) is 54.6. The summed E-state index contributed by atoms with van der Waals surface area (Å²) in [7, 11) is 5.42. The molecule has 0 spiro atoms. The molecule has 0 saturated carbocycles. The largest absolute Gasteiger partial charge is 0.496 e. The number of benzene rings is 2. The summed E-state index contributed by atoms with van der Waals surface area (Å²) in [6, 6.07) is 8.43. The van der Waals surface area contributed by atoms with Crippen molar-refractivity contribution in [2.24, 2.45) is 11.8 Å². The molecule has 0 saturated heterocycles. The zero-order valence-electron chi connectivity index (χ0n) is 30.3. The zero-order valence-corrected chi connectivity index (χ0v) is 31.9. The molecule has 0 radical (unpaired) electrons. The van der Waals surface area contributed by atoms with Gasteiger partial charge in [0.2, 0.25) is 0 Å². The van der Waals surface area contributed by atoms with Crippen LogP contribution in [0.2, 0.25) is 0 Å². The van der Waals surface area contributed by atoms with Crippen LogP contribution in [0.1, 0.15) is 103 Å². The molecule has 48 heavy (non-hydrogen) atoms. The molecular weight excluding hydrogens is 653 g/mol. The Kier molecular flexibility index (Phi) is 15.2. The van der Waals surface area contributed by atoms with Crippen molar-refractivity contribution in [2.45, 2.75) is 115 Å². The van der Waals surface area contributed by atoms with Gasteiger partial charge < -0.3 is 29.6 Å². The quantitative estimate of drug-likeness (QED) is 0.142. The van der Waals surface area contributed by atoms with E-state index in [9.17, 15) is 19.2 Å². The molecule has 0 aliphatic heterocycles. The average molecular weight is 705 g/mol. The van der Waals surface area contributed by atoms with E-state index in [1.54, 1.807) is 77.9 Å². The van der Waals surface area contributed by atoms with Crippen LogP contribution >= 0.6 is 21.6 Å². The molecule has 12 heteroatoms. The molecule has 0 unspecified atom stereocenters. The van der Waals surface area contributed by atoms with E-state index in [2.05, 4.69) is 10.6 Å². The number of carbonyl (C=O) groups excluding carboxylic acids is 4. The van der Waals surface area contributed by atoms with Crippen molar-refractivity contribution < 1.29 is 38.1 Å². The lowest BCUT2D eigenvalue weighted by atomic mass is 10.0. The van der Waals surface area contributed by atoms with Crippen LogP contribution in [0.15, 0.2) is 46.2 Å². The Morgan fingerprint density at radius 1 is 0.625 bits per heavy atom. The lowest BCUT2D eigenvalue weighted by Crippen LogP contribution is -2.45. The minimum atomic E-state index is -0.860. The van der Waals surface area contributed by atoms with Crippen LogP contribution in [-0.4, -0.2) is 61.3 Å². The van der Waals surface area contributed by atoms with Crippen molar-refractivity contribution in [3.8, 4) is 11.5 Å². The molecule has 0 aromatic heterocycles. The summed E-state index contributed by atoms with van der Waals surface area (Å²) in [5.74, 6) is -0.876. The van der Waals surface area contributed by atoms with Gasteiger partial charge in [-0.3, -0.25) is 9.59 Å². The van der Waals surface area contributed by atoms with E-state index in [1.165, 1.54) is 35.8 Å². The lowest BCUT2D eigenvalue weighted by molar-refractivity contribution is -0.158. The van der Waals surface area contributed by atoms with Crippen LogP contribution in [0, 0.1) is 11.8 Å². The van der Waals surface area contributed by atoms with Gasteiger partial charge in [-0.1, -0.05) is 39.8 Å². The zero-order chi connectivity index (χ0) is 36.4. The van der Waals surface area contributed by atoms with Gasteiger partial charge in [-0.25, -0.2) is 9.59 Å². The van der Waals surface area contributed by atoms with Gasteiger partial charge in [0.05, 0.1) is 35.1 Å². The van der Waals surface area contributed by atoms with Gasteiger partial charge in [-0.2, -0.15) is 0 Å². The Morgan fingerprint density at radius 2 is 0.958 bits per heavy atom. The van der Waals surface area contributed by atoms with Crippen molar-refractivity contribution in [3.63, 3.8) is 0 Å². The van der Waals surface area contributed by atoms with E-state index >= 15 is 0 Å². The standard InChI is InChI=1S/C36H52N2O8S2/c1-21(2)19-25(33(41)45-35(5,6)7)37-31(39)23-15-13-17-27(43-11)29(23)47-48-30-24(16-14-18-28(30)44-12)32(40)38-26(20-22(3)4)34(42)46-36(8,9)10/h13-18,21-22,25-26H,19-20H2,1-12H3,(H,37,39)(H,38,40)/t25-,26-/m0/s1. The maximum atomic E-state index is 13.7. The Labute approximate surface area is 293 Å². The molecular formula is C36H52N2O8S2. The third-order valence-electron chi connectivity index (χ3n) is 6.50. The predicted molar refractivity (Wildman–Crippen MR) is 191 cm³/mol. The van der Waals surface area contributed by atoms with Crippen LogP contribution in [0.3, 0.4) is 0 Å². The van der Waals surface area contributed by atoms with Crippen molar-refractivity contribution in [2.75, 3.05) is 14.2 Å². The lowest BCUT2D eigenvalue weighted by Gasteiger charge is -2.26. The second kappa shape index (κ2) is 17.9. The molecule has 0 heterocycles. The second-order valence-corrected chi connectivity index (χ2v) is 16.4. The first-order valence-corrected chi connectivity index (χ1v) is 18.2. The highest BCUT2D eigenvalue weighted by atomic mass is 33.1. The predicted octanol–water partition coefficient (Wildman–Crippen LogP) is 7.48. The van der Waals surface area contributed by atoms with Crippen LogP contribution in [0.4, 0.5) is 0 Å². The smallest absolute Gasteiger partial charge is 0.329 e. The number of hydrogen-bond donors (Lipinski definition) is 2. The van der Waals surface area contributed by atoms with Gasteiger partial charge in [0, 0.05) is 0 Å². The summed E-state index contributed by atoms with van der Waals surface area (Å²) in [6.45, 7) is 18.5. The first kappa shape index (κ1) is 40.8. The minimum absolute atomic E-state index is 0.114. The van der Waals surface area contributed by atoms with Gasteiger partial charge in [0.1, 0.15) is 34.8 Å². The summed E-state index contributed by atoms with van der Waals surface area (Å²) in [5.41, 5.74) is -0.866. The molecule has 2 aromatic carbocycles. The molecule has 0 fully saturated rings.